The molecule has 0 heterocycles. The lowest BCUT2D eigenvalue weighted by atomic mass is 9.82. The SMILES string of the molecule is CN(CC1CCC1)C(=O)CC1CCCCC1N. The van der Waals surface area contributed by atoms with Crippen molar-refractivity contribution in [2.24, 2.45) is 17.6 Å². The van der Waals surface area contributed by atoms with Crippen molar-refractivity contribution >= 4 is 5.91 Å². The Hall–Kier alpha value is -0.570. The molecule has 2 rings (SSSR count). The van der Waals surface area contributed by atoms with Gasteiger partial charge in [0.2, 0.25) is 5.91 Å². The van der Waals surface area contributed by atoms with Gasteiger partial charge in [-0.25, -0.2) is 0 Å². The van der Waals surface area contributed by atoms with Crippen LogP contribution >= 0.6 is 0 Å². The molecule has 1 amide bonds. The van der Waals surface area contributed by atoms with Gasteiger partial charge in [-0.2, -0.15) is 0 Å². The van der Waals surface area contributed by atoms with Crippen LogP contribution in [0.5, 0.6) is 0 Å². The van der Waals surface area contributed by atoms with E-state index in [1.54, 1.807) is 0 Å². The zero-order chi connectivity index (χ0) is 12.3. The molecule has 0 aliphatic heterocycles. The van der Waals surface area contributed by atoms with Crippen molar-refractivity contribution in [3.63, 3.8) is 0 Å². The highest BCUT2D eigenvalue weighted by atomic mass is 16.2. The third-order valence-electron chi connectivity index (χ3n) is 4.59. The summed E-state index contributed by atoms with van der Waals surface area (Å²) in [6.07, 6.45) is 9.36. The van der Waals surface area contributed by atoms with Gasteiger partial charge in [0.15, 0.2) is 0 Å². The van der Waals surface area contributed by atoms with E-state index in [2.05, 4.69) is 0 Å². The Bertz CT molecular complexity index is 263. The maximum atomic E-state index is 12.1. The average molecular weight is 238 g/mol. The molecule has 3 heteroatoms. The number of hydrogen-bond donors (Lipinski definition) is 1. The van der Waals surface area contributed by atoms with Crippen LogP contribution in [0.25, 0.3) is 0 Å². The maximum Gasteiger partial charge on any atom is 0.222 e. The standard InChI is InChI=1S/C14H26N2O/c1-16(10-11-5-4-6-11)14(17)9-12-7-2-3-8-13(12)15/h11-13H,2-10,15H2,1H3. The number of rotatable bonds is 4. The molecule has 2 unspecified atom stereocenters. The second kappa shape index (κ2) is 5.85. The van der Waals surface area contributed by atoms with Crippen molar-refractivity contribution in [3.8, 4) is 0 Å². The van der Waals surface area contributed by atoms with Gasteiger partial charge >= 0.3 is 0 Å². The lowest BCUT2D eigenvalue weighted by Crippen LogP contribution is -2.39. The molecule has 2 saturated carbocycles. The van der Waals surface area contributed by atoms with Crippen molar-refractivity contribution in [1.82, 2.24) is 4.90 Å². The Labute approximate surface area is 105 Å². The fourth-order valence-electron chi connectivity index (χ4n) is 3.03. The third-order valence-corrected chi connectivity index (χ3v) is 4.59. The second-order valence-corrected chi connectivity index (χ2v) is 5.98. The maximum absolute atomic E-state index is 12.1. The zero-order valence-electron chi connectivity index (χ0n) is 11.0. The minimum absolute atomic E-state index is 0.254. The summed E-state index contributed by atoms with van der Waals surface area (Å²) in [4.78, 5) is 14.0. The summed E-state index contributed by atoms with van der Waals surface area (Å²) in [5.41, 5.74) is 6.10. The first-order valence-corrected chi connectivity index (χ1v) is 7.16. The molecule has 0 spiro atoms. The van der Waals surface area contributed by atoms with E-state index in [1.165, 1.54) is 32.1 Å². The van der Waals surface area contributed by atoms with E-state index in [0.29, 0.717) is 18.2 Å². The number of carbonyl (C=O) groups is 1. The lowest BCUT2D eigenvalue weighted by Gasteiger charge is -2.33. The molecule has 0 aromatic rings. The van der Waals surface area contributed by atoms with Crippen LogP contribution in [-0.4, -0.2) is 30.4 Å². The predicted molar refractivity (Wildman–Crippen MR) is 69.5 cm³/mol. The fraction of sp³-hybridized carbons (Fsp3) is 0.929. The van der Waals surface area contributed by atoms with Gasteiger partial charge in [-0.1, -0.05) is 19.3 Å². The van der Waals surface area contributed by atoms with Gasteiger partial charge in [0.25, 0.3) is 0 Å². The first-order valence-electron chi connectivity index (χ1n) is 7.16. The van der Waals surface area contributed by atoms with E-state index in [9.17, 15) is 4.79 Å². The Kier molecular flexibility index (Phi) is 4.43. The smallest absolute Gasteiger partial charge is 0.222 e. The van der Waals surface area contributed by atoms with Crippen molar-refractivity contribution in [3.05, 3.63) is 0 Å². The van der Waals surface area contributed by atoms with Crippen LogP contribution in [0, 0.1) is 11.8 Å². The Morgan fingerprint density at radius 2 is 1.88 bits per heavy atom. The van der Waals surface area contributed by atoms with Crippen LogP contribution in [0.3, 0.4) is 0 Å². The van der Waals surface area contributed by atoms with Crippen LogP contribution in [-0.2, 0) is 4.79 Å². The van der Waals surface area contributed by atoms with Gasteiger partial charge in [0.1, 0.15) is 0 Å². The molecule has 3 nitrogen and oxygen atoms in total. The van der Waals surface area contributed by atoms with Gasteiger partial charge in [0, 0.05) is 26.1 Å². The Balaban J connectivity index is 1.74. The van der Waals surface area contributed by atoms with E-state index in [-0.39, 0.29) is 6.04 Å². The lowest BCUT2D eigenvalue weighted by molar-refractivity contribution is -0.132. The Morgan fingerprint density at radius 1 is 1.18 bits per heavy atom. The minimum atomic E-state index is 0.254. The van der Waals surface area contributed by atoms with E-state index in [4.69, 9.17) is 5.73 Å². The summed E-state index contributed by atoms with van der Waals surface area (Å²) in [6.45, 7) is 0.959. The largest absolute Gasteiger partial charge is 0.345 e. The molecule has 0 radical (unpaired) electrons. The fourth-order valence-corrected chi connectivity index (χ4v) is 3.03. The van der Waals surface area contributed by atoms with E-state index in [0.717, 1.165) is 25.3 Å². The minimum Gasteiger partial charge on any atom is -0.345 e. The van der Waals surface area contributed by atoms with E-state index >= 15 is 0 Å². The predicted octanol–water partition coefficient (Wildman–Crippen LogP) is 2.15. The van der Waals surface area contributed by atoms with Crippen LogP contribution in [0.1, 0.15) is 51.4 Å². The molecule has 2 aliphatic carbocycles. The summed E-state index contributed by atoms with van der Waals surface area (Å²) < 4.78 is 0. The molecule has 0 bridgehead atoms. The quantitative estimate of drug-likeness (QED) is 0.815. The molecule has 2 fully saturated rings. The van der Waals surface area contributed by atoms with Crippen molar-refractivity contribution in [2.75, 3.05) is 13.6 Å². The van der Waals surface area contributed by atoms with Gasteiger partial charge in [0.05, 0.1) is 0 Å². The number of hydrogen-bond acceptors (Lipinski definition) is 2. The molecule has 0 saturated heterocycles. The van der Waals surface area contributed by atoms with Crippen molar-refractivity contribution in [2.45, 2.75) is 57.4 Å². The molecular formula is C14H26N2O. The third kappa shape index (κ3) is 3.44. The molecule has 0 aromatic carbocycles. The zero-order valence-corrected chi connectivity index (χ0v) is 11.0. The number of amides is 1. The van der Waals surface area contributed by atoms with Crippen molar-refractivity contribution in [1.29, 1.82) is 0 Å². The summed E-state index contributed by atoms with van der Waals surface area (Å²) >= 11 is 0. The first kappa shape index (κ1) is 12.9. The highest BCUT2D eigenvalue weighted by Crippen LogP contribution is 2.28. The number of nitrogens with two attached hydrogens (primary N) is 1. The van der Waals surface area contributed by atoms with Crippen LogP contribution < -0.4 is 5.73 Å². The summed E-state index contributed by atoms with van der Waals surface area (Å²) in [5, 5.41) is 0. The summed E-state index contributed by atoms with van der Waals surface area (Å²) in [6, 6.07) is 0.254. The molecule has 0 aromatic heterocycles. The molecule has 98 valence electrons. The van der Waals surface area contributed by atoms with Crippen molar-refractivity contribution < 1.29 is 4.79 Å². The topological polar surface area (TPSA) is 46.3 Å². The summed E-state index contributed by atoms with van der Waals surface area (Å²) in [7, 11) is 1.95. The monoisotopic (exact) mass is 238 g/mol. The van der Waals surface area contributed by atoms with Gasteiger partial charge in [-0.3, -0.25) is 4.79 Å². The molecule has 17 heavy (non-hydrogen) atoms. The van der Waals surface area contributed by atoms with Crippen LogP contribution in [0.4, 0.5) is 0 Å². The van der Waals surface area contributed by atoms with Crippen LogP contribution in [0.2, 0.25) is 0 Å². The molecule has 2 aliphatic rings. The van der Waals surface area contributed by atoms with Gasteiger partial charge in [-0.05, 0) is 37.5 Å². The summed E-state index contributed by atoms with van der Waals surface area (Å²) in [5.74, 6) is 1.50. The molecule has 2 N–H and O–H groups in total. The van der Waals surface area contributed by atoms with E-state index in [1.807, 2.05) is 11.9 Å². The van der Waals surface area contributed by atoms with Gasteiger partial charge in [-0.15, -0.1) is 0 Å². The van der Waals surface area contributed by atoms with Gasteiger partial charge < -0.3 is 10.6 Å². The number of carbonyl (C=O) groups excluding carboxylic acids is 1. The van der Waals surface area contributed by atoms with Crippen LogP contribution in [0.15, 0.2) is 0 Å². The molecular weight excluding hydrogens is 212 g/mol. The first-order chi connectivity index (χ1) is 8.16. The normalized spacial score (nSPS) is 29.8. The second-order valence-electron chi connectivity index (χ2n) is 5.98. The number of nitrogens with zero attached hydrogens (tertiary/aromatic N) is 1. The highest BCUT2D eigenvalue weighted by molar-refractivity contribution is 5.76. The highest BCUT2D eigenvalue weighted by Gasteiger charge is 2.27. The van der Waals surface area contributed by atoms with E-state index < -0.39 is 0 Å². The Morgan fingerprint density at radius 3 is 2.47 bits per heavy atom. The molecule has 2 atom stereocenters. The average Bonchev–Trinajstić information content (AvgIpc) is 2.26.